The van der Waals surface area contributed by atoms with Gasteiger partial charge in [0.05, 0.1) is 23.8 Å². The fourth-order valence-corrected chi connectivity index (χ4v) is 5.35. The zero-order valence-electron chi connectivity index (χ0n) is 17.9. The smallest absolute Gasteiger partial charge is 0.331 e. The Bertz CT molecular complexity index is 1070. The molecule has 0 N–H and O–H groups in total. The lowest BCUT2D eigenvalue weighted by Gasteiger charge is -2.26. The second-order valence-corrected chi connectivity index (χ2v) is 9.69. The van der Waals surface area contributed by atoms with E-state index in [1.165, 1.54) is 40.8 Å². The molecule has 3 rings (SSSR count). The summed E-state index contributed by atoms with van der Waals surface area (Å²) in [5.41, 5.74) is 1.22. The van der Waals surface area contributed by atoms with Gasteiger partial charge >= 0.3 is 5.97 Å². The second-order valence-electron chi connectivity index (χ2n) is 6.91. The van der Waals surface area contributed by atoms with Gasteiger partial charge in [-0.05, 0) is 30.7 Å². The summed E-state index contributed by atoms with van der Waals surface area (Å²) in [5.74, 6) is -0.652. The van der Waals surface area contributed by atoms with E-state index in [2.05, 4.69) is 4.98 Å². The fourth-order valence-electron chi connectivity index (χ4n) is 3.02. The number of benzene rings is 1. The van der Waals surface area contributed by atoms with Crippen LogP contribution in [-0.4, -0.2) is 62.4 Å². The highest BCUT2D eigenvalue weighted by Crippen LogP contribution is 2.21. The first-order valence-corrected chi connectivity index (χ1v) is 12.4. The van der Waals surface area contributed by atoms with Crippen LogP contribution in [0.4, 0.5) is 5.13 Å². The Morgan fingerprint density at radius 3 is 2.56 bits per heavy atom. The van der Waals surface area contributed by atoms with E-state index in [1.807, 2.05) is 6.92 Å². The van der Waals surface area contributed by atoms with E-state index >= 15 is 0 Å². The van der Waals surface area contributed by atoms with E-state index in [4.69, 9.17) is 9.47 Å². The molecule has 2 aromatic rings. The topological polar surface area (TPSA) is 106 Å². The molecule has 0 unspecified atom stereocenters. The Hall–Kier alpha value is -2.60. The van der Waals surface area contributed by atoms with Crippen LogP contribution in [0.15, 0.2) is 40.6 Å². The molecular weight excluding hydrogens is 454 g/mol. The molecule has 1 aliphatic heterocycles. The number of carbonyl (C=O) groups is 2. The zero-order chi connectivity index (χ0) is 23.1. The normalized spacial score (nSPS) is 15.1. The maximum atomic E-state index is 12.6. The van der Waals surface area contributed by atoms with Crippen molar-refractivity contribution < 1.29 is 27.5 Å². The molecule has 0 radical (unpaired) electrons. The van der Waals surface area contributed by atoms with Gasteiger partial charge in [0.1, 0.15) is 6.61 Å². The molecule has 1 aromatic carbocycles. The number of carbonyl (C=O) groups excluding carboxylic acids is 2. The Morgan fingerprint density at radius 1 is 1.25 bits per heavy atom. The van der Waals surface area contributed by atoms with Gasteiger partial charge in [-0.15, -0.1) is 11.3 Å². The number of sulfonamides is 1. The number of anilines is 1. The highest BCUT2D eigenvalue weighted by Gasteiger charge is 2.26. The predicted molar refractivity (Wildman–Crippen MR) is 121 cm³/mol. The third-order valence-electron chi connectivity index (χ3n) is 4.73. The van der Waals surface area contributed by atoms with Gasteiger partial charge in [-0.3, -0.25) is 9.69 Å². The summed E-state index contributed by atoms with van der Waals surface area (Å²) in [7, 11) is -3.55. The lowest BCUT2D eigenvalue weighted by Crippen LogP contribution is -2.40. The number of ether oxygens (including phenoxy) is 2. The molecule has 0 aliphatic carbocycles. The third-order valence-corrected chi connectivity index (χ3v) is 7.55. The SMILES string of the molecule is CCN(C(C)=O)c1nc(COC(=O)/C=C/c2ccc(S(=O)(=O)N3CCOCC3)cc2)cs1. The van der Waals surface area contributed by atoms with E-state index in [0.29, 0.717) is 49.2 Å². The minimum Gasteiger partial charge on any atom is -0.456 e. The summed E-state index contributed by atoms with van der Waals surface area (Å²) < 4.78 is 37.1. The minimum atomic E-state index is -3.55. The molecule has 32 heavy (non-hydrogen) atoms. The first-order chi connectivity index (χ1) is 15.3. The van der Waals surface area contributed by atoms with Crippen molar-refractivity contribution in [3.05, 3.63) is 47.0 Å². The summed E-state index contributed by atoms with van der Waals surface area (Å²) in [5, 5.41) is 2.31. The predicted octanol–water partition coefficient (Wildman–Crippen LogP) is 2.29. The second kappa shape index (κ2) is 10.8. The molecule has 0 spiro atoms. The van der Waals surface area contributed by atoms with Crippen molar-refractivity contribution in [3.63, 3.8) is 0 Å². The molecule has 11 heteroatoms. The average Bonchev–Trinajstić information content (AvgIpc) is 3.26. The molecular formula is C21H25N3O6S2. The van der Waals surface area contributed by atoms with Crippen LogP contribution in [0.2, 0.25) is 0 Å². The molecule has 1 amide bonds. The number of hydrogen-bond acceptors (Lipinski definition) is 8. The molecule has 1 saturated heterocycles. The van der Waals surface area contributed by atoms with Crippen LogP contribution in [0, 0.1) is 0 Å². The number of aromatic nitrogens is 1. The van der Waals surface area contributed by atoms with Crippen molar-refractivity contribution in [2.24, 2.45) is 0 Å². The van der Waals surface area contributed by atoms with Gasteiger partial charge in [-0.2, -0.15) is 4.31 Å². The summed E-state index contributed by atoms with van der Waals surface area (Å²) in [6.07, 6.45) is 2.82. The first kappa shape index (κ1) is 24.1. The number of esters is 1. The number of thiazole rings is 1. The Labute approximate surface area is 191 Å². The molecule has 9 nitrogen and oxygen atoms in total. The van der Waals surface area contributed by atoms with Gasteiger partial charge in [0.2, 0.25) is 15.9 Å². The van der Waals surface area contributed by atoms with E-state index < -0.39 is 16.0 Å². The zero-order valence-corrected chi connectivity index (χ0v) is 19.5. The van der Waals surface area contributed by atoms with Crippen molar-refractivity contribution in [2.45, 2.75) is 25.3 Å². The third kappa shape index (κ3) is 6.00. The number of amides is 1. The van der Waals surface area contributed by atoms with Crippen LogP contribution in [0.5, 0.6) is 0 Å². The number of nitrogens with zero attached hydrogens (tertiary/aromatic N) is 3. The maximum Gasteiger partial charge on any atom is 0.331 e. The number of hydrogen-bond donors (Lipinski definition) is 0. The van der Waals surface area contributed by atoms with Crippen molar-refractivity contribution in [1.29, 1.82) is 0 Å². The van der Waals surface area contributed by atoms with E-state index in [0.717, 1.165) is 0 Å². The lowest BCUT2D eigenvalue weighted by atomic mass is 10.2. The van der Waals surface area contributed by atoms with Crippen LogP contribution in [-0.2, 0) is 35.7 Å². The molecule has 0 bridgehead atoms. The van der Waals surface area contributed by atoms with Crippen LogP contribution in [0.3, 0.4) is 0 Å². The van der Waals surface area contributed by atoms with Gasteiger partial charge in [-0.25, -0.2) is 18.2 Å². The van der Waals surface area contributed by atoms with E-state index in [9.17, 15) is 18.0 Å². The molecule has 1 aromatic heterocycles. The summed E-state index contributed by atoms with van der Waals surface area (Å²) in [6, 6.07) is 6.29. The highest BCUT2D eigenvalue weighted by atomic mass is 32.2. The molecule has 0 atom stereocenters. The van der Waals surface area contributed by atoms with Crippen LogP contribution >= 0.6 is 11.3 Å². The Kier molecular flexibility index (Phi) is 8.13. The number of rotatable bonds is 8. The van der Waals surface area contributed by atoms with Gasteiger partial charge in [0.25, 0.3) is 0 Å². The van der Waals surface area contributed by atoms with Crippen LogP contribution < -0.4 is 4.90 Å². The monoisotopic (exact) mass is 479 g/mol. The van der Waals surface area contributed by atoms with Crippen LogP contribution in [0.1, 0.15) is 25.1 Å². The summed E-state index contributed by atoms with van der Waals surface area (Å²) in [6.45, 7) is 5.28. The van der Waals surface area contributed by atoms with Crippen molar-refractivity contribution in [3.8, 4) is 0 Å². The molecule has 172 valence electrons. The van der Waals surface area contributed by atoms with Crippen molar-refractivity contribution in [2.75, 3.05) is 37.7 Å². The van der Waals surface area contributed by atoms with Crippen LogP contribution in [0.25, 0.3) is 6.08 Å². The van der Waals surface area contributed by atoms with Gasteiger partial charge in [0.15, 0.2) is 5.13 Å². The summed E-state index contributed by atoms with van der Waals surface area (Å²) >= 11 is 1.31. The Morgan fingerprint density at radius 2 is 1.94 bits per heavy atom. The van der Waals surface area contributed by atoms with Crippen molar-refractivity contribution in [1.82, 2.24) is 9.29 Å². The molecule has 0 saturated carbocycles. The standard InChI is InChI=1S/C21H25N3O6S2/c1-3-24(16(2)25)21-22-18(15-31-21)14-30-20(26)9-6-17-4-7-19(8-5-17)32(27,28)23-10-12-29-13-11-23/h4-9,15H,3,10-14H2,1-2H3/b9-6+. The van der Waals surface area contributed by atoms with Gasteiger partial charge in [0, 0.05) is 38.0 Å². The highest BCUT2D eigenvalue weighted by molar-refractivity contribution is 7.89. The molecule has 2 heterocycles. The maximum absolute atomic E-state index is 12.6. The molecule has 1 aliphatic rings. The first-order valence-electron chi connectivity index (χ1n) is 10.1. The van der Waals surface area contributed by atoms with Crippen molar-refractivity contribution >= 4 is 44.4 Å². The Balaban J connectivity index is 1.54. The minimum absolute atomic E-state index is 0.00807. The number of morpholine rings is 1. The quantitative estimate of drug-likeness (QED) is 0.422. The lowest BCUT2D eigenvalue weighted by molar-refractivity contribution is -0.139. The average molecular weight is 480 g/mol. The fraction of sp³-hybridized carbons (Fsp3) is 0.381. The van der Waals surface area contributed by atoms with Gasteiger partial charge < -0.3 is 9.47 Å². The largest absolute Gasteiger partial charge is 0.456 e. The van der Waals surface area contributed by atoms with E-state index in [1.54, 1.807) is 28.5 Å². The molecule has 1 fully saturated rings. The van der Waals surface area contributed by atoms with Gasteiger partial charge in [-0.1, -0.05) is 12.1 Å². The van der Waals surface area contributed by atoms with E-state index in [-0.39, 0.29) is 17.4 Å². The summed E-state index contributed by atoms with van der Waals surface area (Å²) in [4.78, 5) is 29.7.